The van der Waals surface area contributed by atoms with Gasteiger partial charge in [-0.15, -0.1) is 0 Å². The van der Waals surface area contributed by atoms with Crippen molar-refractivity contribution in [1.82, 2.24) is 14.9 Å². The predicted molar refractivity (Wildman–Crippen MR) is 73.0 cm³/mol. The molecule has 2 N–H and O–H groups in total. The van der Waals surface area contributed by atoms with Crippen LogP contribution in [0.2, 0.25) is 0 Å². The molecule has 0 aliphatic heterocycles. The van der Waals surface area contributed by atoms with Crippen LogP contribution in [0.1, 0.15) is 19.5 Å². The van der Waals surface area contributed by atoms with Crippen molar-refractivity contribution in [3.05, 3.63) is 11.8 Å². The molecule has 9 heteroatoms. The van der Waals surface area contributed by atoms with Crippen LogP contribution < -0.4 is 10.6 Å². The second kappa shape index (κ2) is 6.59. The van der Waals surface area contributed by atoms with E-state index in [1.807, 2.05) is 0 Å². The predicted octanol–water partition coefficient (Wildman–Crippen LogP) is 1.82. The number of rotatable bonds is 5. The first-order chi connectivity index (χ1) is 9.68. The third-order valence-corrected chi connectivity index (χ3v) is 2.83. The fraction of sp³-hybridized carbons (Fsp3) is 0.583. The van der Waals surface area contributed by atoms with Gasteiger partial charge in [-0.1, -0.05) is 0 Å². The third-order valence-electron chi connectivity index (χ3n) is 2.83. The van der Waals surface area contributed by atoms with Gasteiger partial charge in [0.15, 0.2) is 5.69 Å². The molecule has 0 saturated heterocycles. The van der Waals surface area contributed by atoms with E-state index in [2.05, 4.69) is 20.6 Å². The Morgan fingerprint density at radius 2 is 2.05 bits per heavy atom. The van der Waals surface area contributed by atoms with E-state index in [4.69, 9.17) is 0 Å². The van der Waals surface area contributed by atoms with Crippen LogP contribution in [0.3, 0.4) is 0 Å². The summed E-state index contributed by atoms with van der Waals surface area (Å²) in [7, 11) is 3.03. The SMILES string of the molecule is CCN(C)C(=O)C(C)Nc1cc(C(F)(F)F)nc(NC)n1. The van der Waals surface area contributed by atoms with Crippen LogP contribution in [0.15, 0.2) is 6.07 Å². The lowest BCUT2D eigenvalue weighted by molar-refractivity contribution is -0.141. The molecule has 1 atom stereocenters. The summed E-state index contributed by atoms with van der Waals surface area (Å²) in [6.07, 6.45) is -4.58. The van der Waals surface area contributed by atoms with Crippen molar-refractivity contribution in [2.45, 2.75) is 26.1 Å². The summed E-state index contributed by atoms with van der Waals surface area (Å²) in [5.74, 6) is -0.474. The Morgan fingerprint density at radius 1 is 1.43 bits per heavy atom. The van der Waals surface area contributed by atoms with E-state index in [0.717, 1.165) is 6.07 Å². The number of nitrogens with zero attached hydrogens (tertiary/aromatic N) is 3. The van der Waals surface area contributed by atoms with Crippen LogP contribution >= 0.6 is 0 Å². The number of halogens is 3. The van der Waals surface area contributed by atoms with Gasteiger partial charge in [0.2, 0.25) is 11.9 Å². The van der Waals surface area contributed by atoms with Crippen LogP contribution in [0.4, 0.5) is 24.9 Å². The quantitative estimate of drug-likeness (QED) is 0.868. The van der Waals surface area contributed by atoms with Crippen LogP contribution in [0.5, 0.6) is 0 Å². The monoisotopic (exact) mass is 305 g/mol. The number of nitrogens with one attached hydrogen (secondary N) is 2. The van der Waals surface area contributed by atoms with Crippen molar-refractivity contribution in [2.24, 2.45) is 0 Å². The molecule has 1 heterocycles. The van der Waals surface area contributed by atoms with E-state index < -0.39 is 17.9 Å². The smallest absolute Gasteiger partial charge is 0.358 e. The van der Waals surface area contributed by atoms with Crippen molar-refractivity contribution in [2.75, 3.05) is 31.3 Å². The number of alkyl halides is 3. The maximum absolute atomic E-state index is 12.7. The minimum atomic E-state index is -4.58. The fourth-order valence-electron chi connectivity index (χ4n) is 1.55. The summed E-state index contributed by atoms with van der Waals surface area (Å²) in [6.45, 7) is 3.86. The zero-order valence-corrected chi connectivity index (χ0v) is 12.2. The van der Waals surface area contributed by atoms with Crippen LogP contribution in [0, 0.1) is 0 Å². The molecule has 0 aliphatic rings. The first-order valence-corrected chi connectivity index (χ1v) is 6.34. The molecule has 0 bridgehead atoms. The maximum Gasteiger partial charge on any atom is 0.433 e. The third kappa shape index (κ3) is 4.47. The molecular weight excluding hydrogens is 287 g/mol. The summed E-state index contributed by atoms with van der Waals surface area (Å²) >= 11 is 0. The molecular formula is C12H18F3N5O. The van der Waals surface area contributed by atoms with E-state index >= 15 is 0 Å². The zero-order chi connectivity index (χ0) is 16.2. The average Bonchev–Trinajstić information content (AvgIpc) is 2.44. The maximum atomic E-state index is 12.7. The lowest BCUT2D eigenvalue weighted by atomic mass is 10.3. The standard InChI is InChI=1S/C12H18F3N5O/c1-5-20(4)10(21)7(2)17-9-6-8(12(13,14)15)18-11(16-3)19-9/h6-7H,5H2,1-4H3,(H2,16,17,18,19). The Morgan fingerprint density at radius 3 is 2.52 bits per heavy atom. The Hall–Kier alpha value is -2.06. The second-order valence-corrected chi connectivity index (χ2v) is 4.43. The summed E-state index contributed by atoms with van der Waals surface area (Å²) in [6, 6.07) is 0.0759. The number of carbonyl (C=O) groups is 1. The van der Waals surface area contributed by atoms with Crippen molar-refractivity contribution in [1.29, 1.82) is 0 Å². The number of hydrogen-bond donors (Lipinski definition) is 2. The summed E-state index contributed by atoms with van der Waals surface area (Å²) in [4.78, 5) is 20.6. The van der Waals surface area contributed by atoms with Gasteiger partial charge in [-0.05, 0) is 13.8 Å². The molecule has 0 aliphatic carbocycles. The fourth-order valence-corrected chi connectivity index (χ4v) is 1.55. The van der Waals surface area contributed by atoms with Crippen LogP contribution in [-0.2, 0) is 11.0 Å². The number of amides is 1. The molecule has 0 aromatic carbocycles. The minimum Gasteiger partial charge on any atom is -0.358 e. The summed E-state index contributed by atoms with van der Waals surface area (Å²) in [5, 5.41) is 5.12. The van der Waals surface area contributed by atoms with Crippen molar-refractivity contribution in [3.63, 3.8) is 0 Å². The summed E-state index contributed by atoms with van der Waals surface area (Å²) < 4.78 is 38.2. The Labute approximate surface area is 120 Å². The lowest BCUT2D eigenvalue weighted by Gasteiger charge is -2.21. The van der Waals surface area contributed by atoms with E-state index in [9.17, 15) is 18.0 Å². The van der Waals surface area contributed by atoms with Gasteiger partial charge in [0.05, 0.1) is 0 Å². The highest BCUT2D eigenvalue weighted by molar-refractivity contribution is 5.83. The molecule has 1 aromatic heterocycles. The molecule has 1 rings (SSSR count). The van der Waals surface area contributed by atoms with Crippen LogP contribution in [0.25, 0.3) is 0 Å². The van der Waals surface area contributed by atoms with E-state index in [1.54, 1.807) is 20.9 Å². The minimum absolute atomic E-state index is 0.0629. The van der Waals surface area contributed by atoms with Crippen molar-refractivity contribution < 1.29 is 18.0 Å². The lowest BCUT2D eigenvalue weighted by Crippen LogP contribution is -2.39. The Balaban J connectivity index is 3.00. The molecule has 6 nitrogen and oxygen atoms in total. The van der Waals surface area contributed by atoms with Gasteiger partial charge in [0.1, 0.15) is 11.9 Å². The first-order valence-electron chi connectivity index (χ1n) is 6.34. The highest BCUT2D eigenvalue weighted by Crippen LogP contribution is 2.29. The number of likely N-dealkylation sites (N-methyl/N-ethyl adjacent to an activating group) is 1. The topological polar surface area (TPSA) is 70.2 Å². The average molecular weight is 305 g/mol. The molecule has 118 valence electrons. The van der Waals surface area contributed by atoms with Crippen molar-refractivity contribution >= 4 is 17.7 Å². The number of hydrogen-bond acceptors (Lipinski definition) is 5. The molecule has 0 radical (unpaired) electrons. The highest BCUT2D eigenvalue weighted by Gasteiger charge is 2.34. The normalized spacial score (nSPS) is 12.7. The number of carbonyl (C=O) groups excluding carboxylic acids is 1. The molecule has 1 aromatic rings. The van der Waals surface area contributed by atoms with Gasteiger partial charge >= 0.3 is 6.18 Å². The van der Waals surface area contributed by atoms with Gasteiger partial charge in [-0.25, -0.2) is 4.98 Å². The van der Waals surface area contributed by atoms with Gasteiger partial charge in [0.25, 0.3) is 0 Å². The molecule has 1 amide bonds. The Bertz CT molecular complexity index is 506. The molecule has 1 unspecified atom stereocenters. The van der Waals surface area contributed by atoms with Gasteiger partial charge in [0, 0.05) is 26.7 Å². The second-order valence-electron chi connectivity index (χ2n) is 4.43. The molecule has 0 saturated carbocycles. The molecule has 0 fully saturated rings. The number of aromatic nitrogens is 2. The van der Waals surface area contributed by atoms with Gasteiger partial charge in [-0.3, -0.25) is 4.79 Å². The van der Waals surface area contributed by atoms with Gasteiger partial charge in [-0.2, -0.15) is 18.2 Å². The zero-order valence-electron chi connectivity index (χ0n) is 12.2. The van der Waals surface area contributed by atoms with Crippen molar-refractivity contribution in [3.8, 4) is 0 Å². The van der Waals surface area contributed by atoms with Gasteiger partial charge < -0.3 is 15.5 Å². The highest BCUT2D eigenvalue weighted by atomic mass is 19.4. The van der Waals surface area contributed by atoms with Crippen LogP contribution in [-0.4, -0.2) is 47.5 Å². The summed E-state index contributed by atoms with van der Waals surface area (Å²) in [5.41, 5.74) is -1.08. The number of anilines is 2. The van der Waals surface area contributed by atoms with E-state index in [0.29, 0.717) is 6.54 Å². The Kier molecular flexibility index (Phi) is 5.34. The van der Waals surface area contributed by atoms with E-state index in [1.165, 1.54) is 11.9 Å². The first kappa shape index (κ1) is 17.0. The largest absolute Gasteiger partial charge is 0.433 e. The van der Waals surface area contributed by atoms with E-state index in [-0.39, 0.29) is 17.7 Å². The molecule has 21 heavy (non-hydrogen) atoms. The molecule has 0 spiro atoms.